The monoisotopic (exact) mass is 387 g/mol. The van der Waals surface area contributed by atoms with Crippen molar-refractivity contribution in [2.75, 3.05) is 4.90 Å². The van der Waals surface area contributed by atoms with Crippen LogP contribution in [-0.4, -0.2) is 17.0 Å². The van der Waals surface area contributed by atoms with Crippen LogP contribution < -0.4 is 4.90 Å². The van der Waals surface area contributed by atoms with Crippen LogP contribution in [0.15, 0.2) is 78.9 Å². The Kier molecular flexibility index (Phi) is 6.80. The maximum Gasteiger partial charge on any atom is 0.335 e. The first-order chi connectivity index (χ1) is 14.1. The lowest BCUT2D eigenvalue weighted by molar-refractivity contribution is -0.118. The molecule has 0 fully saturated rings. The average Bonchev–Trinajstić information content (AvgIpc) is 2.77. The molecule has 29 heavy (non-hydrogen) atoms. The molecule has 0 spiro atoms. The van der Waals surface area contributed by atoms with Gasteiger partial charge in [0.25, 0.3) is 0 Å². The first kappa shape index (κ1) is 20.3. The molecule has 0 bridgehead atoms. The van der Waals surface area contributed by atoms with E-state index in [1.807, 2.05) is 71.6 Å². The molecule has 3 rings (SSSR count). The standard InChI is InChI=1S/C25H25NO3/c1-2-3-9-24(27)26(23-7-5-4-6-8-23)18-19-10-12-20(13-11-19)21-14-16-22(17-15-21)25(28)29/h4-8,10-17H,2-3,9,18H2,1H3,(H,28,29). The lowest BCUT2D eigenvalue weighted by Crippen LogP contribution is -2.30. The second-order valence-electron chi connectivity index (χ2n) is 7.00. The smallest absolute Gasteiger partial charge is 0.335 e. The van der Waals surface area contributed by atoms with Crippen molar-refractivity contribution in [3.05, 3.63) is 90.0 Å². The molecule has 4 nitrogen and oxygen atoms in total. The van der Waals surface area contributed by atoms with Crippen molar-refractivity contribution < 1.29 is 14.7 Å². The normalized spacial score (nSPS) is 10.5. The van der Waals surface area contributed by atoms with Crippen molar-refractivity contribution in [1.82, 2.24) is 0 Å². The highest BCUT2D eigenvalue weighted by atomic mass is 16.4. The molecule has 0 heterocycles. The lowest BCUT2D eigenvalue weighted by Gasteiger charge is -2.23. The highest BCUT2D eigenvalue weighted by Crippen LogP contribution is 2.23. The SMILES string of the molecule is CCCCC(=O)N(Cc1ccc(-c2ccc(C(=O)O)cc2)cc1)c1ccccc1. The van der Waals surface area contributed by atoms with Crippen LogP contribution in [0.3, 0.4) is 0 Å². The number of para-hydroxylation sites is 1. The number of carbonyl (C=O) groups is 2. The van der Waals surface area contributed by atoms with Crippen molar-refractivity contribution in [2.45, 2.75) is 32.7 Å². The largest absolute Gasteiger partial charge is 0.478 e. The topological polar surface area (TPSA) is 57.6 Å². The third-order valence-electron chi connectivity index (χ3n) is 4.87. The van der Waals surface area contributed by atoms with E-state index in [0.717, 1.165) is 35.2 Å². The van der Waals surface area contributed by atoms with Crippen molar-refractivity contribution in [1.29, 1.82) is 0 Å². The highest BCUT2D eigenvalue weighted by molar-refractivity contribution is 5.93. The molecule has 0 unspecified atom stereocenters. The minimum absolute atomic E-state index is 0.131. The van der Waals surface area contributed by atoms with Gasteiger partial charge in [-0.05, 0) is 47.4 Å². The van der Waals surface area contributed by atoms with E-state index < -0.39 is 5.97 Å². The summed E-state index contributed by atoms with van der Waals surface area (Å²) in [5, 5.41) is 9.03. The molecule has 0 atom stereocenters. The van der Waals surface area contributed by atoms with Crippen LogP contribution in [0.25, 0.3) is 11.1 Å². The molecule has 1 amide bonds. The van der Waals surface area contributed by atoms with E-state index in [-0.39, 0.29) is 11.5 Å². The molecule has 3 aromatic carbocycles. The Labute approximate surface area is 171 Å². The predicted molar refractivity (Wildman–Crippen MR) is 116 cm³/mol. The molecule has 4 heteroatoms. The number of amides is 1. The number of carboxylic acids is 1. The number of hydrogen-bond donors (Lipinski definition) is 1. The van der Waals surface area contributed by atoms with E-state index >= 15 is 0 Å². The summed E-state index contributed by atoms with van der Waals surface area (Å²) in [5.74, 6) is -0.799. The fourth-order valence-corrected chi connectivity index (χ4v) is 3.18. The van der Waals surface area contributed by atoms with Crippen LogP contribution in [-0.2, 0) is 11.3 Å². The Hall–Kier alpha value is -3.40. The fourth-order valence-electron chi connectivity index (χ4n) is 3.18. The molecule has 0 aromatic heterocycles. The number of benzene rings is 3. The summed E-state index contributed by atoms with van der Waals surface area (Å²) in [6.07, 6.45) is 2.41. The number of rotatable bonds is 8. The van der Waals surface area contributed by atoms with Crippen LogP contribution in [0.2, 0.25) is 0 Å². The van der Waals surface area contributed by atoms with Gasteiger partial charge in [-0.3, -0.25) is 4.79 Å². The van der Waals surface area contributed by atoms with Crippen molar-refractivity contribution >= 4 is 17.6 Å². The van der Waals surface area contributed by atoms with Gasteiger partial charge in [0.05, 0.1) is 12.1 Å². The molecule has 148 valence electrons. The zero-order valence-corrected chi connectivity index (χ0v) is 16.5. The fraction of sp³-hybridized carbons (Fsp3) is 0.200. The summed E-state index contributed by atoms with van der Waals surface area (Å²) in [5.41, 5.74) is 4.19. The van der Waals surface area contributed by atoms with E-state index in [1.165, 1.54) is 0 Å². The minimum atomic E-state index is -0.930. The van der Waals surface area contributed by atoms with Gasteiger partial charge in [-0.1, -0.05) is 67.9 Å². The van der Waals surface area contributed by atoms with Crippen LogP contribution in [0, 0.1) is 0 Å². The van der Waals surface area contributed by atoms with Gasteiger partial charge >= 0.3 is 5.97 Å². The molecule has 0 aliphatic heterocycles. The number of carboxylic acid groups (broad SMARTS) is 1. The quantitative estimate of drug-likeness (QED) is 0.533. The van der Waals surface area contributed by atoms with Gasteiger partial charge in [-0.15, -0.1) is 0 Å². The molecule has 1 N–H and O–H groups in total. The van der Waals surface area contributed by atoms with Gasteiger partial charge in [-0.2, -0.15) is 0 Å². The highest BCUT2D eigenvalue weighted by Gasteiger charge is 2.15. The van der Waals surface area contributed by atoms with Gasteiger partial charge in [0, 0.05) is 12.1 Å². The van der Waals surface area contributed by atoms with E-state index in [2.05, 4.69) is 6.92 Å². The van der Waals surface area contributed by atoms with Gasteiger partial charge in [0.1, 0.15) is 0 Å². The molecule has 3 aromatic rings. The Bertz CT molecular complexity index is 948. The molecule has 0 aliphatic rings. The third kappa shape index (κ3) is 5.32. The van der Waals surface area contributed by atoms with Crippen molar-refractivity contribution in [3.63, 3.8) is 0 Å². The maximum absolute atomic E-state index is 12.8. The summed E-state index contributed by atoms with van der Waals surface area (Å²) in [7, 11) is 0. The van der Waals surface area contributed by atoms with Gasteiger partial charge < -0.3 is 10.0 Å². The zero-order chi connectivity index (χ0) is 20.6. The maximum atomic E-state index is 12.8. The van der Waals surface area contributed by atoms with Gasteiger partial charge in [0.2, 0.25) is 5.91 Å². The molecule has 0 aliphatic carbocycles. The summed E-state index contributed by atoms with van der Waals surface area (Å²) in [4.78, 5) is 25.6. The third-order valence-corrected chi connectivity index (χ3v) is 4.87. The number of anilines is 1. The Morgan fingerprint density at radius 3 is 1.97 bits per heavy atom. The molecular weight excluding hydrogens is 362 g/mol. The number of carbonyl (C=O) groups excluding carboxylic acids is 1. The molecule has 0 saturated carbocycles. The van der Waals surface area contributed by atoms with E-state index in [4.69, 9.17) is 5.11 Å². The van der Waals surface area contributed by atoms with Crippen LogP contribution in [0.4, 0.5) is 5.69 Å². The molecule has 0 radical (unpaired) electrons. The van der Waals surface area contributed by atoms with Crippen LogP contribution in [0.1, 0.15) is 42.1 Å². The van der Waals surface area contributed by atoms with E-state index in [0.29, 0.717) is 13.0 Å². The predicted octanol–water partition coefficient (Wildman–Crippen LogP) is 5.78. The van der Waals surface area contributed by atoms with E-state index in [9.17, 15) is 9.59 Å². The summed E-state index contributed by atoms with van der Waals surface area (Å²) < 4.78 is 0. The summed E-state index contributed by atoms with van der Waals surface area (Å²) in [6.45, 7) is 2.60. The number of unbranched alkanes of at least 4 members (excludes halogenated alkanes) is 1. The molecular formula is C25H25NO3. The average molecular weight is 387 g/mol. The lowest BCUT2D eigenvalue weighted by atomic mass is 10.0. The summed E-state index contributed by atoms with van der Waals surface area (Å²) in [6, 6.07) is 24.6. The summed E-state index contributed by atoms with van der Waals surface area (Å²) >= 11 is 0. The van der Waals surface area contributed by atoms with Crippen molar-refractivity contribution in [2.24, 2.45) is 0 Å². The minimum Gasteiger partial charge on any atom is -0.478 e. The first-order valence-electron chi connectivity index (χ1n) is 9.86. The second kappa shape index (κ2) is 9.69. The second-order valence-corrected chi connectivity index (χ2v) is 7.00. The first-order valence-corrected chi connectivity index (χ1v) is 9.86. The van der Waals surface area contributed by atoms with Crippen LogP contribution in [0.5, 0.6) is 0 Å². The van der Waals surface area contributed by atoms with Gasteiger partial charge in [0.15, 0.2) is 0 Å². The van der Waals surface area contributed by atoms with Crippen molar-refractivity contribution in [3.8, 4) is 11.1 Å². The number of hydrogen-bond acceptors (Lipinski definition) is 2. The van der Waals surface area contributed by atoms with Gasteiger partial charge in [-0.25, -0.2) is 4.79 Å². The Balaban J connectivity index is 1.78. The number of nitrogens with zero attached hydrogens (tertiary/aromatic N) is 1. The number of aromatic carboxylic acids is 1. The Morgan fingerprint density at radius 2 is 1.41 bits per heavy atom. The van der Waals surface area contributed by atoms with Crippen LogP contribution >= 0.6 is 0 Å². The van der Waals surface area contributed by atoms with E-state index in [1.54, 1.807) is 12.1 Å². The Morgan fingerprint density at radius 1 is 0.828 bits per heavy atom. The zero-order valence-electron chi connectivity index (χ0n) is 16.5. The molecule has 0 saturated heterocycles.